The number of nitrogens with one attached hydrogen (secondary N) is 2. The van der Waals surface area contributed by atoms with Gasteiger partial charge < -0.3 is 15.2 Å². The van der Waals surface area contributed by atoms with Gasteiger partial charge in [0, 0.05) is 24.3 Å². The summed E-state index contributed by atoms with van der Waals surface area (Å²) < 4.78 is 1.92. The number of thioether (sulfide) groups is 1. The number of carbonyl (C=O) groups excluding carboxylic acids is 2. The van der Waals surface area contributed by atoms with Gasteiger partial charge in [-0.15, -0.1) is 10.2 Å². The summed E-state index contributed by atoms with van der Waals surface area (Å²) in [6, 6.07) is 7.20. The Bertz CT molecular complexity index is 681. The van der Waals surface area contributed by atoms with Crippen LogP contribution in [-0.2, 0) is 9.59 Å². The summed E-state index contributed by atoms with van der Waals surface area (Å²) in [6.45, 7) is 5.51. The molecule has 2 aromatic rings. The van der Waals surface area contributed by atoms with Gasteiger partial charge in [0.05, 0.1) is 5.75 Å². The SMILES string of the molecule is CC(=O)Nc1ccc(NC(=O)CSc2nncn2C(C)C)cc1. The molecule has 0 radical (unpaired) electrons. The largest absolute Gasteiger partial charge is 0.326 e. The normalized spacial score (nSPS) is 10.6. The molecule has 0 fully saturated rings. The molecule has 1 heterocycles. The minimum absolute atomic E-state index is 0.124. The molecule has 0 aliphatic carbocycles. The molecule has 1 aromatic carbocycles. The second-order valence-corrected chi connectivity index (χ2v) is 6.15. The molecule has 0 aliphatic rings. The summed E-state index contributed by atoms with van der Waals surface area (Å²) in [4.78, 5) is 22.9. The average Bonchev–Trinajstić information content (AvgIpc) is 2.95. The average molecular weight is 333 g/mol. The summed E-state index contributed by atoms with van der Waals surface area (Å²) in [5, 5.41) is 14.1. The van der Waals surface area contributed by atoms with Gasteiger partial charge in [0.1, 0.15) is 6.33 Å². The lowest BCUT2D eigenvalue weighted by molar-refractivity contribution is -0.114. The van der Waals surface area contributed by atoms with Crippen LogP contribution in [0.1, 0.15) is 26.8 Å². The smallest absolute Gasteiger partial charge is 0.234 e. The molecule has 122 valence electrons. The fourth-order valence-corrected chi connectivity index (χ4v) is 2.70. The number of amides is 2. The molecule has 7 nitrogen and oxygen atoms in total. The zero-order chi connectivity index (χ0) is 16.8. The van der Waals surface area contributed by atoms with Crippen molar-refractivity contribution in [3.63, 3.8) is 0 Å². The second kappa shape index (κ2) is 7.77. The number of anilines is 2. The van der Waals surface area contributed by atoms with Crippen LogP contribution in [0.3, 0.4) is 0 Å². The van der Waals surface area contributed by atoms with Gasteiger partial charge in [0.15, 0.2) is 5.16 Å². The van der Waals surface area contributed by atoms with Crippen LogP contribution in [0, 0.1) is 0 Å². The second-order valence-electron chi connectivity index (χ2n) is 5.21. The van der Waals surface area contributed by atoms with E-state index in [0.717, 1.165) is 5.16 Å². The molecule has 0 saturated heterocycles. The van der Waals surface area contributed by atoms with Gasteiger partial charge in [-0.1, -0.05) is 11.8 Å². The number of hydrogen-bond donors (Lipinski definition) is 2. The maximum absolute atomic E-state index is 12.0. The van der Waals surface area contributed by atoms with Crippen LogP contribution in [-0.4, -0.2) is 32.3 Å². The Kier molecular flexibility index (Phi) is 5.75. The van der Waals surface area contributed by atoms with Gasteiger partial charge in [-0.2, -0.15) is 0 Å². The summed E-state index contributed by atoms with van der Waals surface area (Å²) >= 11 is 1.34. The van der Waals surface area contributed by atoms with E-state index in [4.69, 9.17) is 0 Å². The van der Waals surface area contributed by atoms with Crippen molar-refractivity contribution in [3.05, 3.63) is 30.6 Å². The molecular formula is C15H19N5O2S. The first-order valence-electron chi connectivity index (χ1n) is 7.15. The molecule has 0 aliphatic heterocycles. The lowest BCUT2D eigenvalue weighted by Gasteiger charge is -2.09. The molecule has 1 aromatic heterocycles. The summed E-state index contributed by atoms with van der Waals surface area (Å²) in [5.74, 6) is -0.00758. The van der Waals surface area contributed by atoms with Crippen LogP contribution in [0.2, 0.25) is 0 Å². The molecule has 2 N–H and O–H groups in total. The maximum atomic E-state index is 12.0. The third-order valence-corrected chi connectivity index (χ3v) is 3.88. The molecule has 2 rings (SSSR count). The zero-order valence-electron chi connectivity index (χ0n) is 13.2. The van der Waals surface area contributed by atoms with E-state index in [-0.39, 0.29) is 23.6 Å². The number of carbonyl (C=O) groups is 2. The molecule has 0 unspecified atom stereocenters. The molecule has 0 atom stereocenters. The summed E-state index contributed by atoms with van der Waals surface area (Å²) in [7, 11) is 0. The number of rotatable bonds is 6. The van der Waals surface area contributed by atoms with E-state index in [2.05, 4.69) is 20.8 Å². The molecule has 23 heavy (non-hydrogen) atoms. The van der Waals surface area contributed by atoms with Crippen LogP contribution in [0.4, 0.5) is 11.4 Å². The van der Waals surface area contributed by atoms with E-state index < -0.39 is 0 Å². The Morgan fingerprint density at radius 1 is 1.17 bits per heavy atom. The van der Waals surface area contributed by atoms with E-state index in [1.54, 1.807) is 30.6 Å². The van der Waals surface area contributed by atoms with Crippen LogP contribution < -0.4 is 10.6 Å². The zero-order valence-corrected chi connectivity index (χ0v) is 14.1. The molecule has 0 spiro atoms. The van der Waals surface area contributed by atoms with E-state index in [1.807, 2.05) is 18.4 Å². The molecule has 8 heteroatoms. The standard InChI is InChI=1S/C15H19N5O2S/c1-10(2)20-9-16-19-15(20)23-8-14(22)18-13-6-4-12(5-7-13)17-11(3)21/h4-7,9-10H,8H2,1-3H3,(H,17,21)(H,18,22). The third kappa shape index (κ3) is 5.10. The first kappa shape index (κ1) is 17.0. The molecule has 0 saturated carbocycles. The van der Waals surface area contributed by atoms with Crippen molar-refractivity contribution in [1.29, 1.82) is 0 Å². The highest BCUT2D eigenvalue weighted by molar-refractivity contribution is 7.99. The summed E-state index contributed by atoms with van der Waals surface area (Å²) in [6.07, 6.45) is 1.66. The van der Waals surface area contributed by atoms with Crippen molar-refractivity contribution in [2.75, 3.05) is 16.4 Å². The van der Waals surface area contributed by atoms with Gasteiger partial charge in [-0.3, -0.25) is 9.59 Å². The minimum Gasteiger partial charge on any atom is -0.326 e. The number of aromatic nitrogens is 3. The van der Waals surface area contributed by atoms with E-state index in [0.29, 0.717) is 11.4 Å². The maximum Gasteiger partial charge on any atom is 0.234 e. The minimum atomic E-state index is -0.132. The lowest BCUT2D eigenvalue weighted by Crippen LogP contribution is -2.15. The molecule has 2 amide bonds. The first-order valence-corrected chi connectivity index (χ1v) is 8.14. The predicted octanol–water partition coefficient (Wildman–Crippen LogP) is 2.55. The Hall–Kier alpha value is -2.35. The van der Waals surface area contributed by atoms with Crippen molar-refractivity contribution in [2.24, 2.45) is 0 Å². The highest BCUT2D eigenvalue weighted by atomic mass is 32.2. The quantitative estimate of drug-likeness (QED) is 0.793. The number of nitrogens with zero attached hydrogens (tertiary/aromatic N) is 3. The fourth-order valence-electron chi connectivity index (χ4n) is 1.86. The monoisotopic (exact) mass is 333 g/mol. The number of benzene rings is 1. The van der Waals surface area contributed by atoms with Crippen molar-refractivity contribution in [1.82, 2.24) is 14.8 Å². The van der Waals surface area contributed by atoms with Gasteiger partial charge in [0.25, 0.3) is 0 Å². The van der Waals surface area contributed by atoms with Crippen LogP contribution in [0.15, 0.2) is 35.7 Å². The van der Waals surface area contributed by atoms with Gasteiger partial charge in [-0.05, 0) is 38.1 Å². The third-order valence-electron chi connectivity index (χ3n) is 2.92. The molecule has 0 bridgehead atoms. The number of hydrogen-bond acceptors (Lipinski definition) is 5. The van der Waals surface area contributed by atoms with Gasteiger partial charge in [0.2, 0.25) is 11.8 Å². The van der Waals surface area contributed by atoms with E-state index in [9.17, 15) is 9.59 Å². The van der Waals surface area contributed by atoms with Crippen molar-refractivity contribution in [3.8, 4) is 0 Å². The highest BCUT2D eigenvalue weighted by Gasteiger charge is 2.10. The van der Waals surface area contributed by atoms with Crippen molar-refractivity contribution in [2.45, 2.75) is 32.0 Å². The predicted molar refractivity (Wildman–Crippen MR) is 90.5 cm³/mol. The Labute approximate surface area is 138 Å². The van der Waals surface area contributed by atoms with E-state index >= 15 is 0 Å². The van der Waals surface area contributed by atoms with Gasteiger partial charge >= 0.3 is 0 Å². The Morgan fingerprint density at radius 2 is 1.78 bits per heavy atom. The fraction of sp³-hybridized carbons (Fsp3) is 0.333. The lowest BCUT2D eigenvalue weighted by atomic mass is 10.3. The van der Waals surface area contributed by atoms with Crippen molar-refractivity contribution >= 4 is 35.0 Å². The highest BCUT2D eigenvalue weighted by Crippen LogP contribution is 2.19. The van der Waals surface area contributed by atoms with Crippen LogP contribution in [0.25, 0.3) is 0 Å². The Morgan fingerprint density at radius 3 is 2.35 bits per heavy atom. The van der Waals surface area contributed by atoms with Crippen LogP contribution in [0.5, 0.6) is 0 Å². The summed E-state index contributed by atoms with van der Waals surface area (Å²) in [5.41, 5.74) is 1.37. The first-order chi connectivity index (χ1) is 11.0. The Balaban J connectivity index is 1.87. The van der Waals surface area contributed by atoms with Crippen molar-refractivity contribution < 1.29 is 9.59 Å². The topological polar surface area (TPSA) is 88.9 Å². The van der Waals surface area contributed by atoms with E-state index in [1.165, 1.54) is 18.7 Å². The van der Waals surface area contributed by atoms with Gasteiger partial charge in [-0.25, -0.2) is 0 Å². The van der Waals surface area contributed by atoms with Crippen LogP contribution >= 0.6 is 11.8 Å². The molecular weight excluding hydrogens is 314 g/mol.